The van der Waals surface area contributed by atoms with Crippen LogP contribution in [0.1, 0.15) is 0 Å². The van der Waals surface area contributed by atoms with Crippen molar-refractivity contribution >= 4 is 22.9 Å². The van der Waals surface area contributed by atoms with E-state index in [1.165, 1.54) is 0 Å². The lowest BCUT2D eigenvalue weighted by molar-refractivity contribution is 0.188. The zero-order valence-electron chi connectivity index (χ0n) is 10.6. The van der Waals surface area contributed by atoms with E-state index in [1.54, 1.807) is 6.33 Å². The SMILES string of the molecule is Nc1nc(N2CCN(CCO)CC2)c2[nH]cnc2n1. The number of imidazole rings is 1. The van der Waals surface area contributed by atoms with Crippen molar-refractivity contribution in [3.63, 3.8) is 0 Å². The highest BCUT2D eigenvalue weighted by molar-refractivity contribution is 5.84. The molecule has 0 amide bonds. The number of hydrogen-bond acceptors (Lipinski definition) is 7. The lowest BCUT2D eigenvalue weighted by Gasteiger charge is -2.35. The fourth-order valence-corrected chi connectivity index (χ4v) is 2.39. The Labute approximate surface area is 110 Å². The average molecular weight is 263 g/mol. The third-order valence-corrected chi connectivity index (χ3v) is 3.37. The zero-order valence-corrected chi connectivity index (χ0v) is 10.6. The largest absolute Gasteiger partial charge is 0.395 e. The maximum atomic E-state index is 8.95. The van der Waals surface area contributed by atoms with Gasteiger partial charge in [0.2, 0.25) is 5.95 Å². The molecule has 0 spiro atoms. The first-order valence-corrected chi connectivity index (χ1v) is 6.32. The normalized spacial score (nSPS) is 17.2. The molecule has 3 heterocycles. The van der Waals surface area contributed by atoms with Gasteiger partial charge in [0.1, 0.15) is 5.52 Å². The lowest BCUT2D eigenvalue weighted by Crippen LogP contribution is -2.47. The van der Waals surface area contributed by atoms with E-state index < -0.39 is 0 Å². The number of aliphatic hydroxyl groups is 1. The minimum Gasteiger partial charge on any atom is -0.395 e. The number of anilines is 2. The predicted octanol–water partition coefficient (Wildman–Crippen LogP) is -0.951. The van der Waals surface area contributed by atoms with Crippen molar-refractivity contribution in [2.45, 2.75) is 0 Å². The first-order valence-electron chi connectivity index (χ1n) is 6.32. The Bertz CT molecular complexity index is 561. The molecule has 2 aromatic rings. The molecule has 0 aliphatic carbocycles. The lowest BCUT2D eigenvalue weighted by atomic mass is 10.3. The van der Waals surface area contributed by atoms with Crippen LogP contribution in [0.5, 0.6) is 0 Å². The van der Waals surface area contributed by atoms with Crippen LogP contribution in [-0.4, -0.2) is 69.3 Å². The van der Waals surface area contributed by atoms with Crippen LogP contribution in [0.25, 0.3) is 11.2 Å². The topological polar surface area (TPSA) is 107 Å². The van der Waals surface area contributed by atoms with Crippen molar-refractivity contribution in [2.24, 2.45) is 0 Å². The zero-order chi connectivity index (χ0) is 13.2. The summed E-state index contributed by atoms with van der Waals surface area (Å²) in [6.07, 6.45) is 1.60. The van der Waals surface area contributed by atoms with Crippen molar-refractivity contribution < 1.29 is 5.11 Å². The summed E-state index contributed by atoms with van der Waals surface area (Å²) in [6, 6.07) is 0. The van der Waals surface area contributed by atoms with Gasteiger partial charge in [-0.15, -0.1) is 0 Å². The highest BCUT2D eigenvalue weighted by Gasteiger charge is 2.21. The molecule has 0 atom stereocenters. The molecule has 1 aliphatic heterocycles. The van der Waals surface area contributed by atoms with Gasteiger partial charge in [-0.1, -0.05) is 0 Å². The van der Waals surface area contributed by atoms with E-state index in [4.69, 9.17) is 10.8 Å². The average Bonchev–Trinajstić information content (AvgIpc) is 2.87. The van der Waals surface area contributed by atoms with Gasteiger partial charge >= 0.3 is 0 Å². The molecule has 0 unspecified atom stereocenters. The van der Waals surface area contributed by atoms with Crippen molar-refractivity contribution in [3.8, 4) is 0 Å². The molecule has 102 valence electrons. The predicted molar refractivity (Wildman–Crippen MR) is 71.8 cm³/mol. The number of nitrogens with two attached hydrogens (primary N) is 1. The molecule has 0 saturated carbocycles. The second-order valence-corrected chi connectivity index (χ2v) is 4.56. The van der Waals surface area contributed by atoms with Gasteiger partial charge in [-0.2, -0.15) is 9.97 Å². The maximum Gasteiger partial charge on any atom is 0.224 e. The van der Waals surface area contributed by atoms with E-state index in [9.17, 15) is 0 Å². The summed E-state index contributed by atoms with van der Waals surface area (Å²) in [5.41, 5.74) is 7.14. The Morgan fingerprint density at radius 2 is 2.05 bits per heavy atom. The summed E-state index contributed by atoms with van der Waals surface area (Å²) in [6.45, 7) is 4.43. The third-order valence-electron chi connectivity index (χ3n) is 3.37. The third kappa shape index (κ3) is 2.32. The molecule has 3 rings (SSSR count). The molecule has 0 radical (unpaired) electrons. The Hall–Kier alpha value is -1.93. The summed E-state index contributed by atoms with van der Waals surface area (Å²) in [4.78, 5) is 20.0. The second kappa shape index (κ2) is 4.98. The number of fused-ring (bicyclic) bond motifs is 1. The molecule has 1 fully saturated rings. The number of hydrogen-bond donors (Lipinski definition) is 3. The second-order valence-electron chi connectivity index (χ2n) is 4.56. The van der Waals surface area contributed by atoms with E-state index in [0.29, 0.717) is 5.65 Å². The summed E-state index contributed by atoms with van der Waals surface area (Å²) >= 11 is 0. The van der Waals surface area contributed by atoms with E-state index in [0.717, 1.165) is 44.1 Å². The molecule has 0 aromatic carbocycles. The standard InChI is InChI=1S/C11H17N7O/c12-11-15-9-8(13-7-14-9)10(16-11)18-3-1-17(2-4-18)5-6-19/h7,19H,1-6H2,(H3,12,13,14,15,16). The smallest absolute Gasteiger partial charge is 0.224 e. The van der Waals surface area contributed by atoms with E-state index in [1.807, 2.05) is 0 Å². The molecule has 8 nitrogen and oxygen atoms in total. The molecule has 1 aliphatic rings. The number of piperazine rings is 1. The summed E-state index contributed by atoms with van der Waals surface area (Å²) in [5.74, 6) is 1.05. The minimum absolute atomic E-state index is 0.200. The van der Waals surface area contributed by atoms with Gasteiger partial charge in [-0.25, -0.2) is 4.98 Å². The van der Waals surface area contributed by atoms with E-state index in [-0.39, 0.29) is 12.6 Å². The number of aromatic nitrogens is 4. The van der Waals surface area contributed by atoms with Gasteiger partial charge in [-0.05, 0) is 0 Å². The Kier molecular flexibility index (Phi) is 3.18. The number of aromatic amines is 1. The van der Waals surface area contributed by atoms with Crippen LogP contribution in [0.3, 0.4) is 0 Å². The van der Waals surface area contributed by atoms with Gasteiger partial charge in [0.15, 0.2) is 11.5 Å². The molecular formula is C11H17N7O. The highest BCUT2D eigenvalue weighted by Crippen LogP contribution is 2.22. The number of β-amino-alcohol motifs (C(OH)–C–C–N with tert-alkyl or cyclic N) is 1. The summed E-state index contributed by atoms with van der Waals surface area (Å²) in [7, 11) is 0. The Balaban J connectivity index is 1.83. The van der Waals surface area contributed by atoms with E-state index >= 15 is 0 Å². The first-order chi connectivity index (χ1) is 9.28. The fraction of sp³-hybridized carbons (Fsp3) is 0.545. The van der Waals surface area contributed by atoms with Crippen LogP contribution in [-0.2, 0) is 0 Å². The molecule has 4 N–H and O–H groups in total. The van der Waals surface area contributed by atoms with Crippen molar-refractivity contribution in [1.82, 2.24) is 24.8 Å². The Morgan fingerprint density at radius 1 is 1.26 bits per heavy atom. The van der Waals surface area contributed by atoms with Crippen molar-refractivity contribution in [2.75, 3.05) is 50.0 Å². The molecular weight excluding hydrogens is 246 g/mol. The van der Waals surface area contributed by atoms with Gasteiger partial charge in [0.05, 0.1) is 12.9 Å². The number of H-pyrrole nitrogens is 1. The quantitative estimate of drug-likeness (QED) is 0.655. The molecule has 1 saturated heterocycles. The molecule has 2 aromatic heterocycles. The maximum absolute atomic E-state index is 8.95. The summed E-state index contributed by atoms with van der Waals surface area (Å²) in [5, 5.41) is 8.95. The van der Waals surface area contributed by atoms with Crippen LogP contribution in [0.4, 0.5) is 11.8 Å². The van der Waals surface area contributed by atoms with Gasteiger partial charge < -0.3 is 20.7 Å². The number of rotatable bonds is 3. The van der Waals surface area contributed by atoms with Crippen molar-refractivity contribution in [3.05, 3.63) is 6.33 Å². The number of nitrogens with one attached hydrogen (secondary N) is 1. The molecule has 8 heteroatoms. The number of nitrogens with zero attached hydrogens (tertiary/aromatic N) is 5. The molecule has 19 heavy (non-hydrogen) atoms. The van der Waals surface area contributed by atoms with Gasteiger partial charge in [0, 0.05) is 32.7 Å². The number of nitrogen functional groups attached to an aromatic ring is 1. The first kappa shape index (κ1) is 12.1. The van der Waals surface area contributed by atoms with Crippen molar-refractivity contribution in [1.29, 1.82) is 0 Å². The fourth-order valence-electron chi connectivity index (χ4n) is 2.39. The Morgan fingerprint density at radius 3 is 2.79 bits per heavy atom. The van der Waals surface area contributed by atoms with Crippen LogP contribution in [0.15, 0.2) is 6.33 Å². The minimum atomic E-state index is 0.200. The monoisotopic (exact) mass is 263 g/mol. The highest BCUT2D eigenvalue weighted by atomic mass is 16.3. The summed E-state index contributed by atoms with van der Waals surface area (Å²) < 4.78 is 0. The van der Waals surface area contributed by atoms with Crippen LogP contribution < -0.4 is 10.6 Å². The molecule has 0 bridgehead atoms. The van der Waals surface area contributed by atoms with Crippen LogP contribution >= 0.6 is 0 Å². The number of aliphatic hydroxyl groups excluding tert-OH is 1. The van der Waals surface area contributed by atoms with Gasteiger partial charge in [0.25, 0.3) is 0 Å². The van der Waals surface area contributed by atoms with E-state index in [2.05, 4.69) is 29.7 Å². The van der Waals surface area contributed by atoms with Crippen LogP contribution in [0.2, 0.25) is 0 Å². The van der Waals surface area contributed by atoms with Crippen LogP contribution in [0, 0.1) is 0 Å². The van der Waals surface area contributed by atoms with Gasteiger partial charge in [-0.3, -0.25) is 4.90 Å².